The number of carbonyl (C=O) groups is 3. The van der Waals surface area contributed by atoms with E-state index in [9.17, 15) is 14.4 Å². The summed E-state index contributed by atoms with van der Waals surface area (Å²) in [5, 5.41) is 15.4. The van der Waals surface area contributed by atoms with Gasteiger partial charge in [-0.25, -0.2) is 0 Å². The van der Waals surface area contributed by atoms with Crippen molar-refractivity contribution in [2.24, 2.45) is 17.8 Å². The Morgan fingerprint density at radius 1 is 0.368 bits per heavy atom. The van der Waals surface area contributed by atoms with Crippen molar-refractivity contribution in [1.82, 2.24) is 30.9 Å². The number of halogens is 3. The number of nitrogens with zero attached hydrogens (tertiary/aromatic N) is 3. The molecule has 3 aliphatic rings. The average molecular weight is 1220 g/mol. The lowest BCUT2D eigenvalue weighted by atomic mass is 9.75. The molecule has 0 saturated heterocycles. The summed E-state index contributed by atoms with van der Waals surface area (Å²) in [6, 6.07) is 53.7. The van der Waals surface area contributed by atoms with E-state index in [-0.39, 0.29) is 35.8 Å². The van der Waals surface area contributed by atoms with E-state index >= 15 is 0 Å². The van der Waals surface area contributed by atoms with Gasteiger partial charge in [-0.2, -0.15) is 0 Å². The van der Waals surface area contributed by atoms with Crippen LogP contribution in [0.5, 0.6) is 0 Å². The number of hydrogen-bond donors (Lipinski definition) is 3. The molecule has 6 aromatic carbocycles. The molecule has 12 heteroatoms. The van der Waals surface area contributed by atoms with Crippen molar-refractivity contribution in [2.45, 2.75) is 153 Å². The van der Waals surface area contributed by atoms with Crippen molar-refractivity contribution in [2.75, 3.05) is 0 Å². The number of rotatable bonds is 15. The van der Waals surface area contributed by atoms with Crippen molar-refractivity contribution < 1.29 is 14.4 Å². The molecule has 87 heavy (non-hydrogen) atoms. The fourth-order valence-electron chi connectivity index (χ4n) is 13.7. The molecular formula is C75H81Cl3N6O3. The zero-order valence-corrected chi connectivity index (χ0v) is 52.6. The molecule has 9 aromatic rings. The molecule has 3 saturated carbocycles. The van der Waals surface area contributed by atoms with E-state index < -0.39 is 0 Å². The highest BCUT2D eigenvalue weighted by molar-refractivity contribution is 6.31. The number of amides is 3. The zero-order chi connectivity index (χ0) is 60.7. The lowest BCUT2D eigenvalue weighted by Crippen LogP contribution is -2.41. The Hall–Kier alpha value is -7.17. The normalized spacial score (nSPS) is 20.3. The number of para-hydroxylation sites is 3. The number of hydrogen-bond acceptors (Lipinski definition) is 6. The Balaban J connectivity index is 0.000000144. The van der Waals surface area contributed by atoms with Gasteiger partial charge in [-0.1, -0.05) is 110 Å². The van der Waals surface area contributed by atoms with Gasteiger partial charge in [0.05, 0.1) is 16.6 Å². The maximum absolute atomic E-state index is 12.6. The van der Waals surface area contributed by atoms with Crippen LogP contribution in [0, 0.1) is 17.8 Å². The highest BCUT2D eigenvalue weighted by Crippen LogP contribution is 2.41. The van der Waals surface area contributed by atoms with Gasteiger partial charge in [0.2, 0.25) is 0 Å². The van der Waals surface area contributed by atoms with E-state index in [2.05, 4.69) is 124 Å². The SMILES string of the molecule is CC[C@@H](NC(=O)c1ccc(Cl)cc1)C1CCC(c2cnc3ccccc3c2)CC1.CC[C@H](NC(=O)c1ccc(Cl)cc1)C1CCC(c2cnc3ccccc3c2)CC1.CC[C@H](NC(=O)c1ccc(Cl)cc1)C1CCC(c2cnc3ccccc3c2)CC1. The molecule has 3 heterocycles. The second kappa shape index (κ2) is 30.6. The first-order chi connectivity index (χ1) is 42.4. The highest BCUT2D eigenvalue weighted by atomic mass is 35.5. The van der Waals surface area contributed by atoms with E-state index in [1.54, 1.807) is 72.8 Å². The van der Waals surface area contributed by atoms with Crippen molar-refractivity contribution in [1.29, 1.82) is 0 Å². The van der Waals surface area contributed by atoms with E-state index in [4.69, 9.17) is 34.8 Å². The van der Waals surface area contributed by atoms with E-state index in [1.807, 2.05) is 36.8 Å². The van der Waals surface area contributed by atoms with Crippen LogP contribution in [0.15, 0.2) is 182 Å². The molecule has 3 amide bonds. The van der Waals surface area contributed by atoms with E-state index in [0.29, 0.717) is 67.3 Å². The maximum Gasteiger partial charge on any atom is 0.251 e. The molecule has 0 aliphatic heterocycles. The summed E-state index contributed by atoms with van der Waals surface area (Å²) < 4.78 is 0. The van der Waals surface area contributed by atoms with Gasteiger partial charge in [0, 0.05) is 84.6 Å². The molecule has 0 spiro atoms. The quantitative estimate of drug-likeness (QED) is 0.0939. The van der Waals surface area contributed by atoms with Gasteiger partial charge in [0.1, 0.15) is 0 Å². The van der Waals surface area contributed by atoms with Crippen LogP contribution in [0.25, 0.3) is 32.7 Å². The first-order valence-corrected chi connectivity index (χ1v) is 32.8. The molecule has 3 atom stereocenters. The van der Waals surface area contributed by atoms with Gasteiger partial charge >= 0.3 is 0 Å². The Bertz CT molecular complexity index is 3320. The molecule has 3 fully saturated rings. The second-order valence-corrected chi connectivity index (χ2v) is 25.5. The minimum atomic E-state index is -0.00521. The number of benzene rings is 6. The predicted octanol–water partition coefficient (Wildman–Crippen LogP) is 19.1. The highest BCUT2D eigenvalue weighted by Gasteiger charge is 2.32. The second-order valence-electron chi connectivity index (χ2n) is 24.2. The molecule has 12 rings (SSSR count). The van der Waals surface area contributed by atoms with Crippen molar-refractivity contribution >= 4 is 85.2 Å². The number of fused-ring (bicyclic) bond motifs is 3. The topological polar surface area (TPSA) is 126 Å². The zero-order valence-electron chi connectivity index (χ0n) is 50.3. The molecule has 3 aliphatic carbocycles. The van der Waals surface area contributed by atoms with Gasteiger partial charge in [0.25, 0.3) is 17.7 Å². The number of pyridine rings is 3. The Labute approximate surface area is 528 Å². The van der Waals surface area contributed by atoms with Crippen LogP contribution in [0.4, 0.5) is 0 Å². The van der Waals surface area contributed by atoms with Crippen LogP contribution in [-0.2, 0) is 0 Å². The maximum atomic E-state index is 12.6. The summed E-state index contributed by atoms with van der Waals surface area (Å²) in [7, 11) is 0. The van der Waals surface area contributed by atoms with Crippen LogP contribution in [0.3, 0.4) is 0 Å². The molecule has 0 unspecified atom stereocenters. The van der Waals surface area contributed by atoms with E-state index in [1.165, 1.54) is 32.8 Å². The van der Waals surface area contributed by atoms with Gasteiger partial charge in [-0.05, 0) is 258 Å². The molecule has 0 bridgehead atoms. The Morgan fingerprint density at radius 2 is 0.609 bits per heavy atom. The fraction of sp³-hybridized carbons (Fsp3) is 0.360. The number of carbonyl (C=O) groups excluding carboxylic acids is 3. The third kappa shape index (κ3) is 16.7. The summed E-state index contributed by atoms with van der Waals surface area (Å²) in [5.41, 5.74) is 9.22. The van der Waals surface area contributed by atoms with Crippen LogP contribution in [-0.4, -0.2) is 50.8 Å². The summed E-state index contributed by atoms with van der Waals surface area (Å²) >= 11 is 17.8. The fourth-order valence-corrected chi connectivity index (χ4v) is 14.1. The van der Waals surface area contributed by atoms with Gasteiger partial charge < -0.3 is 16.0 Å². The third-order valence-electron chi connectivity index (χ3n) is 18.9. The molecule has 3 N–H and O–H groups in total. The average Bonchev–Trinajstić information content (AvgIpc) is 3.41. The largest absolute Gasteiger partial charge is 0.349 e. The summed E-state index contributed by atoms with van der Waals surface area (Å²) in [4.78, 5) is 51.8. The first kappa shape index (κ1) is 62.9. The summed E-state index contributed by atoms with van der Waals surface area (Å²) in [6.07, 6.45) is 22.7. The lowest BCUT2D eigenvalue weighted by molar-refractivity contribution is 0.0901. The molecule has 9 nitrogen and oxygen atoms in total. The standard InChI is InChI=1S/3C25H27ClN2O/c3*1-2-23(28-25(29)19-11-13-22(26)14-12-19)18-9-7-17(8-10-18)21-15-20-5-3-4-6-24(20)27-16-21/h3*3-6,11-18,23H,2,7-10H2,1H3,(H,28,29)/t3*17?,18?,23-/m100/s1. The molecule has 0 radical (unpaired) electrons. The third-order valence-corrected chi connectivity index (χ3v) is 19.6. The van der Waals surface area contributed by atoms with Crippen molar-refractivity contribution in [3.8, 4) is 0 Å². The minimum absolute atomic E-state index is 0.00521. The minimum Gasteiger partial charge on any atom is -0.349 e. The van der Waals surface area contributed by atoms with Crippen molar-refractivity contribution in [3.63, 3.8) is 0 Å². The van der Waals surface area contributed by atoms with Gasteiger partial charge in [-0.3, -0.25) is 29.3 Å². The van der Waals surface area contributed by atoms with Crippen LogP contribution in [0.2, 0.25) is 15.1 Å². The van der Waals surface area contributed by atoms with Crippen LogP contribution < -0.4 is 16.0 Å². The number of aromatic nitrogens is 3. The van der Waals surface area contributed by atoms with E-state index in [0.717, 1.165) is 113 Å². The lowest BCUT2D eigenvalue weighted by Gasteiger charge is -2.34. The van der Waals surface area contributed by atoms with Gasteiger partial charge in [0.15, 0.2) is 0 Å². The summed E-state index contributed by atoms with van der Waals surface area (Å²) in [6.45, 7) is 6.48. The Kier molecular flexibility index (Phi) is 22.1. The van der Waals surface area contributed by atoms with Crippen molar-refractivity contribution in [3.05, 3.63) is 231 Å². The summed E-state index contributed by atoms with van der Waals surface area (Å²) in [5.74, 6) is 3.26. The molecule has 3 aromatic heterocycles. The van der Waals surface area contributed by atoms with Crippen LogP contribution in [0.1, 0.15) is 183 Å². The smallest absolute Gasteiger partial charge is 0.251 e. The van der Waals surface area contributed by atoms with Crippen LogP contribution >= 0.6 is 34.8 Å². The monoisotopic (exact) mass is 1220 g/mol. The molecule has 450 valence electrons. The Morgan fingerprint density at radius 3 is 0.851 bits per heavy atom. The van der Waals surface area contributed by atoms with Gasteiger partial charge in [-0.15, -0.1) is 0 Å². The first-order valence-electron chi connectivity index (χ1n) is 31.6. The number of nitrogens with one attached hydrogen (secondary N) is 3. The molecular weight excluding hydrogens is 1140 g/mol. The predicted molar refractivity (Wildman–Crippen MR) is 358 cm³/mol.